The smallest absolute Gasteiger partial charge is 0.131 e. The molecular weight excluding hydrogens is 273 g/mol. The monoisotopic (exact) mass is 289 g/mol. The molecule has 0 aromatic heterocycles. The lowest BCUT2D eigenvalue weighted by Gasteiger charge is -2.19. The standard InChI is InChI=1S/C12H17BrFNO/c1-3-15(7-6-13)9-10-4-5-11(16-2)8-12(10)14/h4-5,8H,3,6-7,9H2,1-2H3. The van der Waals surface area contributed by atoms with Gasteiger partial charge in [0, 0.05) is 30.0 Å². The van der Waals surface area contributed by atoms with E-state index in [1.807, 2.05) is 0 Å². The molecule has 0 aliphatic carbocycles. The molecule has 0 unspecified atom stereocenters. The van der Waals surface area contributed by atoms with Crippen LogP contribution in [0.5, 0.6) is 5.75 Å². The van der Waals surface area contributed by atoms with Crippen molar-refractivity contribution in [3.8, 4) is 5.75 Å². The summed E-state index contributed by atoms with van der Waals surface area (Å²) in [5.74, 6) is 0.358. The van der Waals surface area contributed by atoms with E-state index in [0.717, 1.165) is 18.4 Å². The predicted octanol–water partition coefficient (Wildman–Crippen LogP) is 3.05. The van der Waals surface area contributed by atoms with Crippen LogP contribution in [-0.4, -0.2) is 30.4 Å². The number of hydrogen-bond acceptors (Lipinski definition) is 2. The highest BCUT2D eigenvalue weighted by atomic mass is 79.9. The molecule has 0 aliphatic rings. The first-order chi connectivity index (χ1) is 7.71. The highest BCUT2D eigenvalue weighted by Gasteiger charge is 2.08. The summed E-state index contributed by atoms with van der Waals surface area (Å²) in [6.45, 7) is 4.54. The molecule has 0 spiro atoms. The third-order valence-corrected chi connectivity index (χ3v) is 2.86. The molecule has 1 rings (SSSR count). The fraction of sp³-hybridized carbons (Fsp3) is 0.500. The number of benzene rings is 1. The second kappa shape index (κ2) is 6.86. The van der Waals surface area contributed by atoms with Gasteiger partial charge < -0.3 is 4.74 Å². The number of rotatable bonds is 6. The maximum Gasteiger partial charge on any atom is 0.131 e. The zero-order valence-electron chi connectivity index (χ0n) is 9.67. The SMILES string of the molecule is CCN(CCBr)Cc1ccc(OC)cc1F. The van der Waals surface area contributed by atoms with E-state index in [0.29, 0.717) is 17.9 Å². The van der Waals surface area contributed by atoms with Crippen LogP contribution in [-0.2, 0) is 6.54 Å². The van der Waals surface area contributed by atoms with Gasteiger partial charge in [-0.1, -0.05) is 28.9 Å². The summed E-state index contributed by atoms with van der Waals surface area (Å²) in [5.41, 5.74) is 0.712. The van der Waals surface area contributed by atoms with Crippen molar-refractivity contribution < 1.29 is 9.13 Å². The molecule has 0 heterocycles. The Morgan fingerprint density at radius 3 is 2.69 bits per heavy atom. The minimum absolute atomic E-state index is 0.202. The van der Waals surface area contributed by atoms with Crippen LogP contribution in [0.1, 0.15) is 12.5 Å². The van der Waals surface area contributed by atoms with Gasteiger partial charge in [0.2, 0.25) is 0 Å². The molecule has 1 aromatic rings. The summed E-state index contributed by atoms with van der Waals surface area (Å²) in [4.78, 5) is 2.18. The van der Waals surface area contributed by atoms with Gasteiger partial charge in [0.15, 0.2) is 0 Å². The summed E-state index contributed by atoms with van der Waals surface area (Å²) in [5, 5.41) is 0.901. The Hall–Kier alpha value is -0.610. The molecule has 0 atom stereocenters. The average Bonchev–Trinajstić information content (AvgIpc) is 2.30. The molecule has 16 heavy (non-hydrogen) atoms. The third-order valence-electron chi connectivity index (χ3n) is 2.50. The Bertz CT molecular complexity index is 333. The first-order valence-corrected chi connectivity index (χ1v) is 6.44. The van der Waals surface area contributed by atoms with Crippen LogP contribution in [0.4, 0.5) is 4.39 Å². The van der Waals surface area contributed by atoms with Crippen molar-refractivity contribution in [2.75, 3.05) is 25.5 Å². The first kappa shape index (κ1) is 13.5. The van der Waals surface area contributed by atoms with Crippen molar-refractivity contribution in [2.45, 2.75) is 13.5 Å². The Morgan fingerprint density at radius 1 is 1.44 bits per heavy atom. The van der Waals surface area contributed by atoms with Crippen LogP contribution in [0.25, 0.3) is 0 Å². The van der Waals surface area contributed by atoms with Gasteiger partial charge in [0.1, 0.15) is 11.6 Å². The van der Waals surface area contributed by atoms with Crippen molar-refractivity contribution in [1.29, 1.82) is 0 Å². The lowest BCUT2D eigenvalue weighted by atomic mass is 10.2. The quantitative estimate of drug-likeness (QED) is 0.747. The maximum absolute atomic E-state index is 13.7. The van der Waals surface area contributed by atoms with Crippen molar-refractivity contribution in [2.24, 2.45) is 0 Å². The Morgan fingerprint density at radius 2 is 2.19 bits per heavy atom. The van der Waals surface area contributed by atoms with Crippen molar-refractivity contribution in [3.63, 3.8) is 0 Å². The molecule has 0 fully saturated rings. The Balaban J connectivity index is 2.72. The normalized spacial score (nSPS) is 10.8. The van der Waals surface area contributed by atoms with E-state index in [1.165, 1.54) is 13.2 Å². The largest absolute Gasteiger partial charge is 0.497 e. The van der Waals surface area contributed by atoms with Crippen LogP contribution in [0.15, 0.2) is 18.2 Å². The molecule has 0 radical (unpaired) electrons. The number of nitrogens with zero attached hydrogens (tertiary/aromatic N) is 1. The zero-order valence-corrected chi connectivity index (χ0v) is 11.3. The molecule has 0 saturated heterocycles. The zero-order chi connectivity index (χ0) is 12.0. The highest BCUT2D eigenvalue weighted by molar-refractivity contribution is 9.09. The van der Waals surface area contributed by atoms with Gasteiger partial charge in [-0.05, 0) is 12.6 Å². The van der Waals surface area contributed by atoms with E-state index in [2.05, 4.69) is 27.8 Å². The van der Waals surface area contributed by atoms with Gasteiger partial charge in [-0.3, -0.25) is 4.90 Å². The van der Waals surface area contributed by atoms with Gasteiger partial charge in [-0.15, -0.1) is 0 Å². The summed E-state index contributed by atoms with van der Waals surface area (Å²) >= 11 is 3.39. The van der Waals surface area contributed by atoms with Gasteiger partial charge in [-0.25, -0.2) is 4.39 Å². The van der Waals surface area contributed by atoms with Crippen molar-refractivity contribution in [3.05, 3.63) is 29.6 Å². The van der Waals surface area contributed by atoms with Gasteiger partial charge in [-0.2, -0.15) is 0 Å². The summed E-state index contributed by atoms with van der Waals surface area (Å²) in [6.07, 6.45) is 0. The molecule has 90 valence electrons. The van der Waals surface area contributed by atoms with Gasteiger partial charge >= 0.3 is 0 Å². The predicted molar refractivity (Wildman–Crippen MR) is 67.7 cm³/mol. The highest BCUT2D eigenvalue weighted by Crippen LogP contribution is 2.17. The first-order valence-electron chi connectivity index (χ1n) is 5.32. The summed E-state index contributed by atoms with van der Waals surface area (Å²) in [6, 6.07) is 5.00. The van der Waals surface area contributed by atoms with Crippen LogP contribution in [0.2, 0.25) is 0 Å². The molecule has 0 N–H and O–H groups in total. The number of hydrogen-bond donors (Lipinski definition) is 0. The van der Waals surface area contributed by atoms with Crippen molar-refractivity contribution in [1.82, 2.24) is 4.90 Å². The van der Waals surface area contributed by atoms with Crippen LogP contribution in [0, 0.1) is 5.82 Å². The Kier molecular flexibility index (Phi) is 5.77. The number of ether oxygens (including phenoxy) is 1. The van der Waals surface area contributed by atoms with E-state index in [4.69, 9.17) is 4.74 Å². The Labute approximate surface area is 105 Å². The van der Waals surface area contributed by atoms with Crippen molar-refractivity contribution >= 4 is 15.9 Å². The van der Waals surface area contributed by atoms with Gasteiger partial charge in [0.05, 0.1) is 7.11 Å². The molecule has 2 nitrogen and oxygen atoms in total. The molecule has 1 aromatic carbocycles. The lowest BCUT2D eigenvalue weighted by molar-refractivity contribution is 0.294. The van der Waals surface area contributed by atoms with Gasteiger partial charge in [0.25, 0.3) is 0 Å². The van der Waals surface area contributed by atoms with Crippen LogP contribution in [0.3, 0.4) is 0 Å². The lowest BCUT2D eigenvalue weighted by Crippen LogP contribution is -2.25. The summed E-state index contributed by atoms with van der Waals surface area (Å²) < 4.78 is 18.6. The van der Waals surface area contributed by atoms with Crippen LogP contribution >= 0.6 is 15.9 Å². The van der Waals surface area contributed by atoms with E-state index in [-0.39, 0.29) is 5.82 Å². The molecule has 0 amide bonds. The molecular formula is C12H17BrFNO. The fourth-order valence-corrected chi connectivity index (χ4v) is 1.99. The third kappa shape index (κ3) is 3.76. The summed E-state index contributed by atoms with van der Waals surface area (Å²) in [7, 11) is 1.54. The van der Waals surface area contributed by atoms with E-state index in [1.54, 1.807) is 12.1 Å². The second-order valence-corrected chi connectivity index (χ2v) is 4.31. The minimum Gasteiger partial charge on any atom is -0.497 e. The topological polar surface area (TPSA) is 12.5 Å². The van der Waals surface area contributed by atoms with Crippen LogP contribution < -0.4 is 4.74 Å². The molecule has 0 aliphatic heterocycles. The van der Waals surface area contributed by atoms with E-state index < -0.39 is 0 Å². The van der Waals surface area contributed by atoms with E-state index in [9.17, 15) is 4.39 Å². The second-order valence-electron chi connectivity index (χ2n) is 3.52. The fourth-order valence-electron chi connectivity index (χ4n) is 1.49. The minimum atomic E-state index is -0.202. The maximum atomic E-state index is 13.7. The molecule has 4 heteroatoms. The number of alkyl halides is 1. The van der Waals surface area contributed by atoms with E-state index >= 15 is 0 Å². The molecule has 0 bridgehead atoms. The average molecular weight is 290 g/mol. The number of halogens is 2. The number of methoxy groups -OCH3 is 1. The molecule has 0 saturated carbocycles.